The van der Waals surface area contributed by atoms with Gasteiger partial charge in [0.15, 0.2) is 0 Å². The second-order valence-electron chi connectivity index (χ2n) is 5.88. The summed E-state index contributed by atoms with van der Waals surface area (Å²) in [4.78, 5) is 0. The number of hydrogen-bond acceptors (Lipinski definition) is 1. The Bertz CT molecular complexity index is 1200. The fourth-order valence-corrected chi connectivity index (χ4v) is 5.19. The van der Waals surface area contributed by atoms with Crippen molar-refractivity contribution in [3.05, 3.63) is 66.7 Å². The highest BCUT2D eigenvalue weighted by Crippen LogP contribution is 2.46. The van der Waals surface area contributed by atoms with Crippen LogP contribution in [0.2, 0.25) is 0 Å². The second-order valence-corrected chi connectivity index (χ2v) is 7.17. The second kappa shape index (κ2) is 4.75. The van der Waals surface area contributed by atoms with E-state index in [-0.39, 0.29) is 0 Å². The molecule has 0 bridgehead atoms. The first-order chi connectivity index (χ1) is 11.4. The van der Waals surface area contributed by atoms with Crippen LogP contribution in [0, 0.1) is 0 Å². The number of hydrogen-bond donors (Lipinski definition) is 0. The quantitative estimate of drug-likeness (QED) is 0.328. The lowest BCUT2D eigenvalue weighted by Crippen LogP contribution is -1.84. The van der Waals surface area contributed by atoms with E-state index in [4.69, 9.17) is 4.74 Å². The minimum atomic E-state index is 0.725. The average Bonchev–Trinajstić information content (AvgIpc) is 3.01. The summed E-state index contributed by atoms with van der Waals surface area (Å²) in [7, 11) is 2.46. The Labute approximate surface area is 135 Å². The third-order valence-electron chi connectivity index (χ3n) is 4.69. The van der Waals surface area contributed by atoms with Gasteiger partial charge in [0.2, 0.25) is 0 Å². The van der Waals surface area contributed by atoms with E-state index in [0.29, 0.717) is 0 Å². The maximum atomic E-state index is 5.48. The molecule has 0 aliphatic carbocycles. The zero-order valence-electron chi connectivity index (χ0n) is 12.8. The number of ether oxygens (including phenoxy) is 1. The third-order valence-corrected chi connectivity index (χ3v) is 6.16. The maximum absolute atomic E-state index is 5.48. The van der Waals surface area contributed by atoms with E-state index < -0.39 is 0 Å². The molecule has 0 aliphatic heterocycles. The van der Waals surface area contributed by atoms with Gasteiger partial charge in [-0.15, -0.1) is 8.19 Å². The van der Waals surface area contributed by atoms with Gasteiger partial charge in [-0.1, -0.05) is 54.6 Å². The van der Waals surface area contributed by atoms with Crippen molar-refractivity contribution >= 4 is 50.7 Å². The predicted octanol–water partition coefficient (Wildman–Crippen LogP) is 6.34. The first-order valence-corrected chi connectivity index (χ1v) is 8.76. The van der Waals surface area contributed by atoms with E-state index in [1.165, 1.54) is 42.6 Å². The molecule has 5 aromatic rings. The van der Waals surface area contributed by atoms with E-state index in [1.807, 2.05) is 0 Å². The van der Waals surface area contributed by atoms with Crippen molar-refractivity contribution in [2.45, 2.75) is 0 Å². The van der Waals surface area contributed by atoms with Crippen LogP contribution in [0.5, 0.6) is 5.75 Å². The lowest BCUT2D eigenvalue weighted by Gasteiger charge is -2.09. The van der Waals surface area contributed by atoms with Gasteiger partial charge in [-0.05, 0) is 44.2 Å². The zero-order chi connectivity index (χ0) is 15.4. The van der Waals surface area contributed by atoms with Gasteiger partial charge in [0.1, 0.15) is 5.75 Å². The summed E-state index contributed by atoms with van der Waals surface area (Å²) in [6.07, 6.45) is 0. The highest BCUT2D eigenvalue weighted by Gasteiger charge is 2.13. The molecule has 0 amide bonds. The minimum Gasteiger partial charge on any atom is -0.497 e. The van der Waals surface area contributed by atoms with Crippen molar-refractivity contribution in [1.82, 2.24) is 0 Å². The molecule has 5 rings (SSSR count). The third kappa shape index (κ3) is 1.75. The normalized spacial score (nSPS) is 12.0. The molecule has 23 heavy (non-hydrogen) atoms. The smallest absolute Gasteiger partial charge is 0.119 e. The van der Waals surface area contributed by atoms with Crippen LogP contribution in [0.3, 0.4) is 0 Å². The largest absolute Gasteiger partial charge is 0.497 e. The molecule has 110 valence electrons. The molecule has 1 aromatic heterocycles. The molecule has 0 fully saturated rings. The zero-order valence-corrected chi connectivity index (χ0v) is 13.8. The summed E-state index contributed by atoms with van der Waals surface area (Å²) in [5.41, 5.74) is 0. The SMILES string of the molecule is COc1ccc2c3ccccc3c3[pH]c4ccccc4c3c2c1. The van der Waals surface area contributed by atoms with Gasteiger partial charge in [0, 0.05) is 10.5 Å². The maximum Gasteiger partial charge on any atom is 0.119 e. The predicted molar refractivity (Wildman–Crippen MR) is 103 cm³/mol. The Hall–Kier alpha value is -2.50. The summed E-state index contributed by atoms with van der Waals surface area (Å²) in [5, 5.41) is 11.0. The topological polar surface area (TPSA) is 9.23 Å². The summed E-state index contributed by atoms with van der Waals surface area (Å²) in [6, 6.07) is 24.0. The lowest BCUT2D eigenvalue weighted by molar-refractivity contribution is 0.415. The monoisotopic (exact) mass is 314 g/mol. The molecule has 4 aromatic carbocycles. The number of benzene rings is 4. The molecule has 0 spiro atoms. The van der Waals surface area contributed by atoms with Crippen LogP contribution in [0.4, 0.5) is 0 Å². The standard InChI is InChI=1S/C21H15OP/c1-22-13-10-11-15-14-6-2-3-7-16(14)21-20(18(15)12-13)17-8-4-5-9-19(17)23-21/h2-12,23H,1H3. The van der Waals surface area contributed by atoms with Crippen LogP contribution in [0.15, 0.2) is 66.7 Å². The molecule has 0 aliphatic rings. The fourth-order valence-electron chi connectivity index (χ4n) is 3.65. The van der Waals surface area contributed by atoms with Gasteiger partial charge in [0.05, 0.1) is 7.11 Å². The van der Waals surface area contributed by atoms with Gasteiger partial charge in [0.25, 0.3) is 0 Å². The Kier molecular flexibility index (Phi) is 2.68. The first kappa shape index (κ1) is 13.0. The molecule has 0 radical (unpaired) electrons. The molecule has 0 N–H and O–H groups in total. The van der Waals surface area contributed by atoms with Crippen LogP contribution >= 0.6 is 8.19 Å². The van der Waals surface area contributed by atoms with Gasteiger partial charge < -0.3 is 4.74 Å². The summed E-state index contributed by atoms with van der Waals surface area (Å²) >= 11 is 0. The molecular formula is C21H15OP. The first-order valence-electron chi connectivity index (χ1n) is 7.76. The Morgan fingerprint density at radius 3 is 2.22 bits per heavy atom. The van der Waals surface area contributed by atoms with E-state index in [0.717, 1.165) is 13.9 Å². The van der Waals surface area contributed by atoms with E-state index in [9.17, 15) is 0 Å². The van der Waals surface area contributed by atoms with Gasteiger partial charge in [-0.2, -0.15) is 0 Å². The Morgan fingerprint density at radius 2 is 1.39 bits per heavy atom. The van der Waals surface area contributed by atoms with Gasteiger partial charge in [-0.25, -0.2) is 0 Å². The van der Waals surface area contributed by atoms with Crippen molar-refractivity contribution < 1.29 is 4.74 Å². The Morgan fingerprint density at radius 1 is 0.696 bits per heavy atom. The average molecular weight is 314 g/mol. The van der Waals surface area contributed by atoms with Crippen LogP contribution in [-0.4, -0.2) is 7.11 Å². The lowest BCUT2D eigenvalue weighted by atomic mass is 9.97. The molecular weight excluding hydrogens is 299 g/mol. The van der Waals surface area contributed by atoms with Crippen molar-refractivity contribution in [2.24, 2.45) is 0 Å². The van der Waals surface area contributed by atoms with Crippen molar-refractivity contribution in [1.29, 1.82) is 0 Å². The fraction of sp³-hybridized carbons (Fsp3) is 0.0476. The molecule has 1 heterocycles. The number of rotatable bonds is 1. The van der Waals surface area contributed by atoms with E-state index in [2.05, 4.69) is 66.7 Å². The highest BCUT2D eigenvalue weighted by molar-refractivity contribution is 7.44. The molecule has 0 saturated carbocycles. The van der Waals surface area contributed by atoms with E-state index in [1.54, 1.807) is 7.11 Å². The Balaban J connectivity index is 2.17. The van der Waals surface area contributed by atoms with E-state index >= 15 is 0 Å². The molecule has 2 heteroatoms. The van der Waals surface area contributed by atoms with Gasteiger partial charge in [-0.3, -0.25) is 0 Å². The summed E-state index contributed by atoms with van der Waals surface area (Å²) in [5.74, 6) is 0.919. The highest BCUT2D eigenvalue weighted by atomic mass is 31.0. The number of fused-ring (bicyclic) bond motifs is 8. The van der Waals surface area contributed by atoms with Crippen LogP contribution < -0.4 is 4.74 Å². The molecule has 1 unspecified atom stereocenters. The van der Waals surface area contributed by atoms with Crippen LogP contribution in [0.25, 0.3) is 42.6 Å². The van der Waals surface area contributed by atoms with Crippen LogP contribution in [0.1, 0.15) is 0 Å². The number of methoxy groups -OCH3 is 1. The molecule has 1 atom stereocenters. The van der Waals surface area contributed by atoms with Crippen molar-refractivity contribution in [3.63, 3.8) is 0 Å². The van der Waals surface area contributed by atoms with Crippen molar-refractivity contribution in [3.8, 4) is 5.75 Å². The molecule has 1 nitrogen and oxygen atoms in total. The minimum absolute atomic E-state index is 0.725. The van der Waals surface area contributed by atoms with Gasteiger partial charge >= 0.3 is 0 Å². The van der Waals surface area contributed by atoms with Crippen LogP contribution in [-0.2, 0) is 0 Å². The summed E-state index contributed by atoms with van der Waals surface area (Å²) < 4.78 is 5.48. The van der Waals surface area contributed by atoms with Crippen molar-refractivity contribution in [2.75, 3.05) is 7.11 Å². The molecule has 0 saturated heterocycles. The summed E-state index contributed by atoms with van der Waals surface area (Å²) in [6.45, 7) is 0.